The lowest BCUT2D eigenvalue weighted by atomic mass is 10.2. The molecule has 1 heteroatoms. The van der Waals surface area contributed by atoms with Crippen molar-refractivity contribution in [1.82, 2.24) is 0 Å². The van der Waals surface area contributed by atoms with Crippen LogP contribution in [0.2, 0.25) is 0 Å². The molecular weight excluding hydrogens is 216 g/mol. The van der Waals surface area contributed by atoms with Gasteiger partial charge in [0.25, 0.3) is 0 Å². The first-order valence-corrected chi connectivity index (χ1v) is 7.20. The van der Waals surface area contributed by atoms with Crippen molar-refractivity contribution in [2.45, 2.75) is 65.7 Å². The lowest BCUT2D eigenvalue weighted by Gasteiger charge is -1.93. The van der Waals surface area contributed by atoms with Crippen molar-refractivity contribution in [2.75, 3.05) is 5.88 Å². The molecule has 16 heavy (non-hydrogen) atoms. The standard InChI is InChI=1S/C8H14.C7H15Cl/c1-3-5-7-8-6-4-2;1-2-3-4-5-6-7-8/h3,5,7-8H,4,6H2,1-2H3;2-7H2,1H3. The fourth-order valence-corrected chi connectivity index (χ4v) is 1.34. The first-order valence-electron chi connectivity index (χ1n) is 6.67. The van der Waals surface area contributed by atoms with E-state index in [2.05, 4.69) is 32.1 Å². The van der Waals surface area contributed by atoms with E-state index in [4.69, 9.17) is 11.6 Å². The molecule has 0 nitrogen and oxygen atoms in total. The van der Waals surface area contributed by atoms with E-state index in [1.807, 2.05) is 13.0 Å². The van der Waals surface area contributed by atoms with Crippen LogP contribution in [-0.2, 0) is 0 Å². The normalized spacial score (nSPS) is 10.8. The van der Waals surface area contributed by atoms with Gasteiger partial charge < -0.3 is 0 Å². The van der Waals surface area contributed by atoms with E-state index in [1.165, 1.54) is 44.9 Å². The van der Waals surface area contributed by atoms with Crippen LogP contribution in [0.1, 0.15) is 65.7 Å². The van der Waals surface area contributed by atoms with Crippen LogP contribution in [0.25, 0.3) is 0 Å². The Morgan fingerprint density at radius 2 is 1.56 bits per heavy atom. The molecule has 0 spiro atoms. The summed E-state index contributed by atoms with van der Waals surface area (Å²) in [5, 5.41) is 0. The molecule has 0 atom stereocenters. The molecule has 0 amide bonds. The maximum absolute atomic E-state index is 5.48. The van der Waals surface area contributed by atoms with Crippen LogP contribution >= 0.6 is 11.6 Å². The second kappa shape index (κ2) is 20.2. The lowest BCUT2D eigenvalue weighted by molar-refractivity contribution is 0.658. The van der Waals surface area contributed by atoms with E-state index in [-0.39, 0.29) is 0 Å². The van der Waals surface area contributed by atoms with Gasteiger partial charge in [-0.25, -0.2) is 0 Å². The van der Waals surface area contributed by atoms with Gasteiger partial charge in [-0.05, 0) is 19.8 Å². The molecule has 96 valence electrons. The maximum atomic E-state index is 5.48. The quantitative estimate of drug-likeness (QED) is 0.274. The third kappa shape index (κ3) is 23.5. The molecule has 0 aromatic heterocycles. The molecule has 0 heterocycles. The monoisotopic (exact) mass is 244 g/mol. The molecule has 0 bridgehead atoms. The first-order chi connectivity index (χ1) is 7.83. The van der Waals surface area contributed by atoms with Gasteiger partial charge in [0.2, 0.25) is 0 Å². The highest BCUT2D eigenvalue weighted by molar-refractivity contribution is 6.17. The predicted octanol–water partition coefficient (Wildman–Crippen LogP) is 6.11. The van der Waals surface area contributed by atoms with Gasteiger partial charge in [0.15, 0.2) is 0 Å². The van der Waals surface area contributed by atoms with E-state index in [0.717, 1.165) is 5.88 Å². The van der Waals surface area contributed by atoms with Crippen molar-refractivity contribution in [3.63, 3.8) is 0 Å². The van der Waals surface area contributed by atoms with Crippen LogP contribution in [0.4, 0.5) is 0 Å². The second-order valence-electron chi connectivity index (χ2n) is 3.85. The molecule has 0 aliphatic carbocycles. The summed E-state index contributed by atoms with van der Waals surface area (Å²) in [5.74, 6) is 0.837. The highest BCUT2D eigenvalue weighted by Gasteiger charge is 1.84. The van der Waals surface area contributed by atoms with Crippen molar-refractivity contribution >= 4 is 11.6 Å². The summed E-state index contributed by atoms with van der Waals surface area (Å²) in [6.07, 6.45) is 17.4. The lowest BCUT2D eigenvalue weighted by Crippen LogP contribution is -1.76. The summed E-state index contributed by atoms with van der Waals surface area (Å²) in [6.45, 7) is 6.43. The zero-order chi connectivity index (χ0) is 12.5. The summed E-state index contributed by atoms with van der Waals surface area (Å²) in [7, 11) is 0. The number of alkyl halides is 1. The predicted molar refractivity (Wildman–Crippen MR) is 78.3 cm³/mol. The van der Waals surface area contributed by atoms with Crippen LogP contribution in [0.3, 0.4) is 0 Å². The molecule has 0 aromatic carbocycles. The topological polar surface area (TPSA) is 0 Å². The number of hydrogen-bond donors (Lipinski definition) is 0. The maximum Gasteiger partial charge on any atom is 0.0223 e. The van der Waals surface area contributed by atoms with E-state index in [0.29, 0.717) is 0 Å². The van der Waals surface area contributed by atoms with Crippen molar-refractivity contribution in [1.29, 1.82) is 0 Å². The molecule has 0 unspecified atom stereocenters. The first kappa shape index (κ1) is 18.1. The number of unbranched alkanes of at least 4 members (excludes halogenated alkanes) is 5. The van der Waals surface area contributed by atoms with Gasteiger partial charge in [0.1, 0.15) is 0 Å². The molecule has 0 saturated heterocycles. The Balaban J connectivity index is 0. The van der Waals surface area contributed by atoms with E-state index in [9.17, 15) is 0 Å². The largest absolute Gasteiger partial charge is 0.127 e. The molecule has 0 rings (SSSR count). The van der Waals surface area contributed by atoms with Crippen LogP contribution in [-0.4, -0.2) is 5.88 Å². The van der Waals surface area contributed by atoms with Crippen molar-refractivity contribution in [3.8, 4) is 0 Å². The summed E-state index contributed by atoms with van der Waals surface area (Å²) >= 11 is 5.48. The minimum absolute atomic E-state index is 0.837. The van der Waals surface area contributed by atoms with E-state index >= 15 is 0 Å². The molecular formula is C15H29Cl. The Hall–Kier alpha value is -0.230. The van der Waals surface area contributed by atoms with Gasteiger partial charge in [-0.1, -0.05) is 70.3 Å². The molecule has 0 N–H and O–H groups in total. The number of allylic oxidation sites excluding steroid dienone is 4. The number of halogens is 1. The molecule has 0 aliphatic heterocycles. The van der Waals surface area contributed by atoms with Gasteiger partial charge >= 0.3 is 0 Å². The molecule has 0 radical (unpaired) electrons. The Kier molecular flexibility index (Phi) is 22.9. The molecule has 0 fully saturated rings. The highest BCUT2D eigenvalue weighted by Crippen LogP contribution is 2.02. The van der Waals surface area contributed by atoms with Crippen molar-refractivity contribution in [2.24, 2.45) is 0 Å². The van der Waals surface area contributed by atoms with Gasteiger partial charge in [0.05, 0.1) is 0 Å². The third-order valence-electron chi connectivity index (χ3n) is 2.13. The van der Waals surface area contributed by atoms with Gasteiger partial charge in [0, 0.05) is 5.88 Å². The fourth-order valence-electron chi connectivity index (χ4n) is 1.15. The molecule has 0 saturated carbocycles. The SMILES string of the molecule is CC=CC=CCCC.CCCCCCCCl. The van der Waals surface area contributed by atoms with Gasteiger partial charge in [-0.2, -0.15) is 0 Å². The van der Waals surface area contributed by atoms with E-state index in [1.54, 1.807) is 0 Å². The summed E-state index contributed by atoms with van der Waals surface area (Å²) in [4.78, 5) is 0. The van der Waals surface area contributed by atoms with E-state index < -0.39 is 0 Å². The summed E-state index contributed by atoms with van der Waals surface area (Å²) in [5.41, 5.74) is 0. The van der Waals surface area contributed by atoms with Crippen molar-refractivity contribution < 1.29 is 0 Å². The van der Waals surface area contributed by atoms with Gasteiger partial charge in [-0.3, -0.25) is 0 Å². The second-order valence-corrected chi connectivity index (χ2v) is 4.22. The Morgan fingerprint density at radius 1 is 0.875 bits per heavy atom. The fraction of sp³-hybridized carbons (Fsp3) is 0.733. The van der Waals surface area contributed by atoms with Crippen LogP contribution < -0.4 is 0 Å². The smallest absolute Gasteiger partial charge is 0.0223 e. The van der Waals surface area contributed by atoms with Crippen LogP contribution in [0.15, 0.2) is 24.3 Å². The molecule has 0 aromatic rings. The van der Waals surface area contributed by atoms with Crippen LogP contribution in [0, 0.1) is 0 Å². The Morgan fingerprint density at radius 3 is 2.06 bits per heavy atom. The zero-order valence-electron chi connectivity index (χ0n) is 11.3. The summed E-state index contributed by atoms with van der Waals surface area (Å²) < 4.78 is 0. The Labute approximate surface area is 108 Å². The minimum Gasteiger partial charge on any atom is -0.127 e. The Bertz CT molecular complexity index is 142. The highest BCUT2D eigenvalue weighted by atomic mass is 35.5. The average molecular weight is 245 g/mol. The van der Waals surface area contributed by atoms with Gasteiger partial charge in [-0.15, -0.1) is 11.6 Å². The van der Waals surface area contributed by atoms with Crippen LogP contribution in [0.5, 0.6) is 0 Å². The summed E-state index contributed by atoms with van der Waals surface area (Å²) in [6, 6.07) is 0. The third-order valence-corrected chi connectivity index (χ3v) is 2.40. The molecule has 0 aliphatic rings. The number of hydrogen-bond acceptors (Lipinski definition) is 0. The van der Waals surface area contributed by atoms with Crippen molar-refractivity contribution in [3.05, 3.63) is 24.3 Å². The minimum atomic E-state index is 0.837. The number of rotatable bonds is 8. The zero-order valence-corrected chi connectivity index (χ0v) is 12.1. The average Bonchev–Trinajstić information content (AvgIpc) is 2.31.